The molecule has 0 radical (unpaired) electrons. The van der Waals surface area contributed by atoms with Gasteiger partial charge in [-0.2, -0.15) is 0 Å². The van der Waals surface area contributed by atoms with Gasteiger partial charge in [0.15, 0.2) is 0 Å². The Balaban J connectivity index is 2.44. The van der Waals surface area contributed by atoms with Gasteiger partial charge in [0.25, 0.3) is 0 Å². The number of carboxylic acid groups (broad SMARTS) is 2. The van der Waals surface area contributed by atoms with Crippen LogP contribution in [0.2, 0.25) is 0 Å². The van der Waals surface area contributed by atoms with E-state index in [2.05, 4.69) is 0 Å². The van der Waals surface area contributed by atoms with Crippen LogP contribution in [0.15, 0.2) is 30.3 Å². The molecule has 5 nitrogen and oxygen atoms in total. The minimum atomic E-state index is -0.992. The molecule has 0 bridgehead atoms. The Labute approximate surface area is 122 Å². The highest BCUT2D eigenvalue weighted by Crippen LogP contribution is 2.19. The largest absolute Gasteiger partial charge is 0.478 e. The molecular formula is C16H17NO4. The molecule has 0 fully saturated rings. The molecule has 21 heavy (non-hydrogen) atoms. The molecule has 0 spiro atoms. The van der Waals surface area contributed by atoms with Crippen molar-refractivity contribution in [3.63, 3.8) is 0 Å². The molecule has 1 aromatic carbocycles. The van der Waals surface area contributed by atoms with E-state index in [0.29, 0.717) is 13.0 Å². The summed E-state index contributed by atoms with van der Waals surface area (Å²) in [5.74, 6) is -1.96. The standard InChI is InChI=1S/C16H17NO4/c1-3-12-7-10(2)17(14(12)16(20)21)9-11-5-4-6-13(8-11)15(18)19/h4-8H,3,9H2,1-2H3,(H,18,19)(H,20,21). The molecule has 0 aliphatic rings. The fraction of sp³-hybridized carbons (Fsp3) is 0.250. The van der Waals surface area contributed by atoms with E-state index in [1.807, 2.05) is 19.9 Å². The molecule has 0 atom stereocenters. The Kier molecular flexibility index (Phi) is 4.12. The second kappa shape index (κ2) is 5.83. The number of aromatic nitrogens is 1. The summed E-state index contributed by atoms with van der Waals surface area (Å²) in [5, 5.41) is 18.4. The first-order chi connectivity index (χ1) is 9.93. The van der Waals surface area contributed by atoms with Crippen molar-refractivity contribution in [1.29, 1.82) is 0 Å². The Morgan fingerprint density at radius 3 is 2.43 bits per heavy atom. The summed E-state index contributed by atoms with van der Waals surface area (Å²) < 4.78 is 1.71. The Morgan fingerprint density at radius 1 is 1.14 bits per heavy atom. The van der Waals surface area contributed by atoms with Gasteiger partial charge in [-0.25, -0.2) is 9.59 Å². The maximum atomic E-state index is 11.5. The lowest BCUT2D eigenvalue weighted by Gasteiger charge is -2.10. The van der Waals surface area contributed by atoms with Crippen LogP contribution in [0, 0.1) is 6.92 Å². The summed E-state index contributed by atoms with van der Waals surface area (Å²) >= 11 is 0. The summed E-state index contributed by atoms with van der Waals surface area (Å²) in [6.45, 7) is 4.11. The summed E-state index contributed by atoms with van der Waals surface area (Å²) in [7, 11) is 0. The highest BCUT2D eigenvalue weighted by atomic mass is 16.4. The van der Waals surface area contributed by atoms with Crippen LogP contribution in [0.25, 0.3) is 0 Å². The molecule has 1 aromatic heterocycles. The molecule has 0 aliphatic carbocycles. The van der Waals surface area contributed by atoms with Gasteiger partial charge in [0.05, 0.1) is 5.56 Å². The maximum Gasteiger partial charge on any atom is 0.352 e. The average Bonchev–Trinajstić information content (AvgIpc) is 2.75. The zero-order chi connectivity index (χ0) is 15.6. The Morgan fingerprint density at radius 2 is 1.86 bits per heavy atom. The molecule has 2 N–H and O–H groups in total. The van der Waals surface area contributed by atoms with Crippen molar-refractivity contribution in [2.24, 2.45) is 0 Å². The Hall–Kier alpha value is -2.56. The number of aryl methyl sites for hydroxylation is 2. The van der Waals surface area contributed by atoms with Crippen LogP contribution in [0.5, 0.6) is 0 Å². The lowest BCUT2D eigenvalue weighted by Crippen LogP contribution is -2.13. The third kappa shape index (κ3) is 2.97. The van der Waals surface area contributed by atoms with Gasteiger partial charge in [-0.05, 0) is 42.7 Å². The van der Waals surface area contributed by atoms with Crippen LogP contribution in [-0.2, 0) is 13.0 Å². The molecule has 0 saturated heterocycles. The Bertz CT molecular complexity index is 700. The van der Waals surface area contributed by atoms with Crippen molar-refractivity contribution in [2.45, 2.75) is 26.8 Å². The van der Waals surface area contributed by atoms with Crippen molar-refractivity contribution < 1.29 is 19.8 Å². The van der Waals surface area contributed by atoms with Crippen LogP contribution in [0.4, 0.5) is 0 Å². The summed E-state index contributed by atoms with van der Waals surface area (Å²) in [6.07, 6.45) is 0.643. The van der Waals surface area contributed by atoms with Gasteiger partial charge in [0.2, 0.25) is 0 Å². The zero-order valence-corrected chi connectivity index (χ0v) is 12.0. The van der Waals surface area contributed by atoms with Crippen molar-refractivity contribution in [3.05, 3.63) is 58.4 Å². The third-order valence-electron chi connectivity index (χ3n) is 3.48. The molecule has 110 valence electrons. The molecule has 0 aliphatic heterocycles. The summed E-state index contributed by atoms with van der Waals surface area (Å²) in [6, 6.07) is 8.41. The molecule has 2 rings (SSSR count). The van der Waals surface area contributed by atoms with Crippen molar-refractivity contribution in [3.8, 4) is 0 Å². The first-order valence-corrected chi connectivity index (χ1v) is 6.68. The number of hydrogen-bond donors (Lipinski definition) is 2. The van der Waals surface area contributed by atoms with E-state index in [1.54, 1.807) is 22.8 Å². The van der Waals surface area contributed by atoms with Gasteiger partial charge in [-0.3, -0.25) is 0 Å². The van der Waals surface area contributed by atoms with E-state index in [-0.39, 0.29) is 11.3 Å². The fourth-order valence-corrected chi connectivity index (χ4v) is 2.46. The van der Waals surface area contributed by atoms with Crippen molar-refractivity contribution in [2.75, 3.05) is 0 Å². The van der Waals surface area contributed by atoms with Gasteiger partial charge in [0.1, 0.15) is 5.69 Å². The predicted molar refractivity (Wildman–Crippen MR) is 78.0 cm³/mol. The molecule has 0 saturated carbocycles. The van der Waals surface area contributed by atoms with Gasteiger partial charge in [0, 0.05) is 12.2 Å². The number of hydrogen-bond acceptors (Lipinski definition) is 2. The summed E-state index contributed by atoms with van der Waals surface area (Å²) in [5.41, 5.74) is 2.87. The van der Waals surface area contributed by atoms with Crippen molar-refractivity contribution >= 4 is 11.9 Å². The van der Waals surface area contributed by atoms with E-state index >= 15 is 0 Å². The maximum absolute atomic E-state index is 11.5. The molecule has 2 aromatic rings. The van der Waals surface area contributed by atoms with E-state index in [0.717, 1.165) is 16.8 Å². The quantitative estimate of drug-likeness (QED) is 0.886. The average molecular weight is 287 g/mol. The van der Waals surface area contributed by atoms with E-state index in [1.165, 1.54) is 6.07 Å². The normalized spacial score (nSPS) is 10.6. The van der Waals surface area contributed by atoms with Crippen LogP contribution >= 0.6 is 0 Å². The first kappa shape index (κ1) is 14.8. The van der Waals surface area contributed by atoms with Gasteiger partial charge in [-0.15, -0.1) is 0 Å². The molecular weight excluding hydrogens is 270 g/mol. The molecule has 5 heteroatoms. The zero-order valence-electron chi connectivity index (χ0n) is 12.0. The number of nitrogens with zero attached hydrogens (tertiary/aromatic N) is 1. The van der Waals surface area contributed by atoms with Gasteiger partial charge in [-0.1, -0.05) is 19.1 Å². The topological polar surface area (TPSA) is 79.5 Å². The number of benzene rings is 1. The second-order valence-electron chi connectivity index (χ2n) is 4.91. The monoisotopic (exact) mass is 287 g/mol. The fourth-order valence-electron chi connectivity index (χ4n) is 2.46. The highest BCUT2D eigenvalue weighted by Gasteiger charge is 2.18. The van der Waals surface area contributed by atoms with E-state index in [4.69, 9.17) is 5.11 Å². The SMILES string of the molecule is CCc1cc(C)n(Cc2cccc(C(=O)O)c2)c1C(=O)O. The minimum Gasteiger partial charge on any atom is -0.478 e. The van der Waals surface area contributed by atoms with Crippen molar-refractivity contribution in [1.82, 2.24) is 4.57 Å². The molecule has 0 unspecified atom stereocenters. The van der Waals surface area contributed by atoms with E-state index < -0.39 is 11.9 Å². The number of aromatic carboxylic acids is 2. The third-order valence-corrected chi connectivity index (χ3v) is 3.48. The van der Waals surface area contributed by atoms with E-state index in [9.17, 15) is 14.7 Å². The van der Waals surface area contributed by atoms with Gasteiger partial charge >= 0.3 is 11.9 Å². The lowest BCUT2D eigenvalue weighted by atomic mass is 10.1. The number of carbonyl (C=O) groups is 2. The number of rotatable bonds is 5. The molecule has 1 heterocycles. The lowest BCUT2D eigenvalue weighted by molar-refractivity contribution is 0.0677. The van der Waals surface area contributed by atoms with Gasteiger partial charge < -0.3 is 14.8 Å². The van der Waals surface area contributed by atoms with Crippen LogP contribution < -0.4 is 0 Å². The molecule has 0 amide bonds. The first-order valence-electron chi connectivity index (χ1n) is 6.68. The predicted octanol–water partition coefficient (Wildman–Crippen LogP) is 2.80. The minimum absolute atomic E-state index is 0.199. The highest BCUT2D eigenvalue weighted by molar-refractivity contribution is 5.88. The van der Waals surface area contributed by atoms with Crippen LogP contribution in [0.3, 0.4) is 0 Å². The van der Waals surface area contributed by atoms with Crippen LogP contribution in [-0.4, -0.2) is 26.7 Å². The number of carboxylic acids is 2. The summed E-state index contributed by atoms with van der Waals surface area (Å²) in [4.78, 5) is 22.5. The van der Waals surface area contributed by atoms with Crippen LogP contribution in [0.1, 0.15) is 44.6 Å². The second-order valence-corrected chi connectivity index (χ2v) is 4.91. The smallest absolute Gasteiger partial charge is 0.352 e.